The lowest BCUT2D eigenvalue weighted by Crippen LogP contribution is -2.41. The molecule has 2 rings (SSSR count). The molecule has 1 unspecified atom stereocenters. The van der Waals surface area contributed by atoms with Gasteiger partial charge >= 0.3 is 11.9 Å². The molecule has 1 atom stereocenters. The lowest BCUT2D eigenvalue weighted by molar-refractivity contribution is -0.137. The van der Waals surface area contributed by atoms with Crippen molar-refractivity contribution in [2.45, 2.75) is 38.1 Å². The van der Waals surface area contributed by atoms with Crippen LogP contribution in [0.5, 0.6) is 0 Å². The molecular formula is C15H20N2O4. The lowest BCUT2D eigenvalue weighted by Gasteiger charge is -2.37. The van der Waals surface area contributed by atoms with Crippen LogP contribution in [0.25, 0.3) is 0 Å². The number of hydrogen-bond donors (Lipinski definition) is 1. The number of nitrogens with zero attached hydrogens (tertiary/aromatic N) is 2. The molecule has 0 bridgehead atoms. The van der Waals surface area contributed by atoms with E-state index in [0.717, 1.165) is 25.8 Å². The second kappa shape index (κ2) is 7.06. The van der Waals surface area contributed by atoms with Crippen LogP contribution in [0.3, 0.4) is 0 Å². The normalized spacial score (nSPS) is 18.3. The van der Waals surface area contributed by atoms with Gasteiger partial charge in [-0.25, -0.2) is 9.78 Å². The maximum absolute atomic E-state index is 11.9. The molecule has 6 heteroatoms. The summed E-state index contributed by atoms with van der Waals surface area (Å²) in [5.41, 5.74) is 0.433. The lowest BCUT2D eigenvalue weighted by atomic mass is 9.97. The molecule has 1 fully saturated rings. The summed E-state index contributed by atoms with van der Waals surface area (Å²) in [6.45, 7) is 0.783. The molecule has 0 aliphatic carbocycles. The number of carboxylic acid groups (broad SMARTS) is 1. The van der Waals surface area contributed by atoms with Gasteiger partial charge in [-0.2, -0.15) is 0 Å². The van der Waals surface area contributed by atoms with Crippen LogP contribution >= 0.6 is 0 Å². The molecule has 1 aliphatic rings. The van der Waals surface area contributed by atoms with Crippen molar-refractivity contribution in [1.29, 1.82) is 0 Å². The smallest absolute Gasteiger partial charge is 0.341 e. The summed E-state index contributed by atoms with van der Waals surface area (Å²) in [6, 6.07) is 3.50. The number of carbonyl (C=O) groups excluding carboxylic acids is 1. The number of aromatic nitrogens is 1. The van der Waals surface area contributed by atoms with Gasteiger partial charge in [0.2, 0.25) is 0 Å². The van der Waals surface area contributed by atoms with Crippen LogP contribution in [0.15, 0.2) is 18.3 Å². The second-order valence-electron chi connectivity index (χ2n) is 5.14. The molecule has 0 radical (unpaired) electrons. The number of esters is 1. The fourth-order valence-corrected chi connectivity index (χ4v) is 2.76. The van der Waals surface area contributed by atoms with Crippen molar-refractivity contribution >= 4 is 17.8 Å². The van der Waals surface area contributed by atoms with Gasteiger partial charge in [0.25, 0.3) is 0 Å². The molecule has 2 heterocycles. The molecule has 1 aromatic heterocycles. The van der Waals surface area contributed by atoms with Gasteiger partial charge in [-0.3, -0.25) is 4.79 Å². The number of pyridine rings is 1. The van der Waals surface area contributed by atoms with Crippen LogP contribution in [0.4, 0.5) is 5.82 Å². The number of rotatable bonds is 5. The summed E-state index contributed by atoms with van der Waals surface area (Å²) >= 11 is 0. The first-order chi connectivity index (χ1) is 10.1. The first-order valence-electron chi connectivity index (χ1n) is 7.15. The standard InChI is InChI=1S/C15H20N2O4/c1-21-15(20)12-6-4-9-16-14(12)17-10-3-2-5-11(17)7-8-13(18)19/h4,6,9,11H,2-3,5,7-8,10H2,1H3,(H,18,19). The Balaban J connectivity index is 2.24. The molecule has 0 saturated carbocycles. The van der Waals surface area contributed by atoms with Crippen molar-refractivity contribution in [3.8, 4) is 0 Å². The molecule has 1 saturated heterocycles. The number of piperidine rings is 1. The van der Waals surface area contributed by atoms with Crippen LogP contribution in [-0.4, -0.2) is 41.7 Å². The highest BCUT2D eigenvalue weighted by molar-refractivity contribution is 5.94. The highest BCUT2D eigenvalue weighted by Crippen LogP contribution is 2.28. The Hall–Kier alpha value is -2.11. The van der Waals surface area contributed by atoms with Crippen molar-refractivity contribution in [3.05, 3.63) is 23.9 Å². The quantitative estimate of drug-likeness (QED) is 0.837. The Morgan fingerprint density at radius 1 is 1.48 bits per heavy atom. The summed E-state index contributed by atoms with van der Waals surface area (Å²) in [6.07, 6.45) is 5.34. The third kappa shape index (κ3) is 3.71. The minimum Gasteiger partial charge on any atom is -0.481 e. The highest BCUT2D eigenvalue weighted by atomic mass is 16.5. The van der Waals surface area contributed by atoms with E-state index < -0.39 is 11.9 Å². The van der Waals surface area contributed by atoms with Gasteiger partial charge in [-0.05, 0) is 37.8 Å². The average Bonchev–Trinajstić information content (AvgIpc) is 2.52. The molecule has 1 aromatic rings. The van der Waals surface area contributed by atoms with Crippen LogP contribution in [0.1, 0.15) is 42.5 Å². The van der Waals surface area contributed by atoms with Crippen LogP contribution < -0.4 is 4.90 Å². The molecule has 0 aromatic carbocycles. The van der Waals surface area contributed by atoms with Gasteiger partial charge in [0.15, 0.2) is 0 Å². The topological polar surface area (TPSA) is 79.7 Å². The number of hydrogen-bond acceptors (Lipinski definition) is 5. The largest absolute Gasteiger partial charge is 0.481 e. The Labute approximate surface area is 123 Å². The van der Waals surface area contributed by atoms with E-state index in [-0.39, 0.29) is 12.5 Å². The maximum atomic E-state index is 11.9. The molecule has 1 N–H and O–H groups in total. The van der Waals surface area contributed by atoms with E-state index in [0.29, 0.717) is 17.8 Å². The van der Waals surface area contributed by atoms with E-state index in [2.05, 4.69) is 9.88 Å². The third-order valence-corrected chi connectivity index (χ3v) is 3.78. The summed E-state index contributed by atoms with van der Waals surface area (Å²) < 4.78 is 4.80. The number of anilines is 1. The number of aliphatic carboxylic acids is 1. The number of methoxy groups -OCH3 is 1. The maximum Gasteiger partial charge on any atom is 0.341 e. The summed E-state index contributed by atoms with van der Waals surface area (Å²) in [5.74, 6) is -0.616. The minimum absolute atomic E-state index is 0.105. The van der Waals surface area contributed by atoms with Gasteiger partial charge in [0.05, 0.1) is 7.11 Å². The number of ether oxygens (including phenoxy) is 1. The Bertz CT molecular complexity index is 518. The number of carboxylic acids is 1. The van der Waals surface area contributed by atoms with E-state index in [1.54, 1.807) is 18.3 Å². The predicted molar refractivity (Wildman–Crippen MR) is 77.4 cm³/mol. The van der Waals surface area contributed by atoms with Gasteiger partial charge in [-0.1, -0.05) is 0 Å². The van der Waals surface area contributed by atoms with Crippen molar-refractivity contribution in [3.63, 3.8) is 0 Å². The van der Waals surface area contributed by atoms with Gasteiger partial charge < -0.3 is 14.7 Å². The molecule has 21 heavy (non-hydrogen) atoms. The monoisotopic (exact) mass is 292 g/mol. The first kappa shape index (κ1) is 15.3. The van der Waals surface area contributed by atoms with E-state index >= 15 is 0 Å². The van der Waals surface area contributed by atoms with Crippen molar-refractivity contribution in [1.82, 2.24) is 4.98 Å². The average molecular weight is 292 g/mol. The fourth-order valence-electron chi connectivity index (χ4n) is 2.76. The van der Waals surface area contributed by atoms with Gasteiger partial charge in [0.1, 0.15) is 11.4 Å². The Morgan fingerprint density at radius 3 is 3.00 bits per heavy atom. The first-order valence-corrected chi connectivity index (χ1v) is 7.15. The third-order valence-electron chi connectivity index (χ3n) is 3.78. The zero-order chi connectivity index (χ0) is 15.2. The van der Waals surface area contributed by atoms with Crippen molar-refractivity contribution in [2.24, 2.45) is 0 Å². The summed E-state index contributed by atoms with van der Waals surface area (Å²) in [7, 11) is 1.34. The molecule has 0 spiro atoms. The number of carbonyl (C=O) groups is 2. The molecule has 114 valence electrons. The van der Waals surface area contributed by atoms with E-state index in [9.17, 15) is 9.59 Å². The highest BCUT2D eigenvalue weighted by Gasteiger charge is 2.27. The molecular weight excluding hydrogens is 272 g/mol. The summed E-state index contributed by atoms with van der Waals surface area (Å²) in [5, 5.41) is 8.87. The van der Waals surface area contributed by atoms with E-state index in [1.807, 2.05) is 0 Å². The molecule has 6 nitrogen and oxygen atoms in total. The second-order valence-corrected chi connectivity index (χ2v) is 5.14. The minimum atomic E-state index is -0.797. The zero-order valence-electron chi connectivity index (χ0n) is 12.1. The Kier molecular flexibility index (Phi) is 5.14. The van der Waals surface area contributed by atoms with Crippen LogP contribution in [-0.2, 0) is 9.53 Å². The predicted octanol–water partition coefficient (Wildman–Crippen LogP) is 2.09. The van der Waals surface area contributed by atoms with Crippen molar-refractivity contribution < 1.29 is 19.4 Å². The van der Waals surface area contributed by atoms with Crippen LogP contribution in [0.2, 0.25) is 0 Å². The van der Waals surface area contributed by atoms with Crippen LogP contribution in [0, 0.1) is 0 Å². The van der Waals surface area contributed by atoms with Gasteiger partial charge in [0, 0.05) is 25.2 Å². The SMILES string of the molecule is COC(=O)c1cccnc1N1CCCCC1CCC(=O)O. The van der Waals surface area contributed by atoms with E-state index in [4.69, 9.17) is 9.84 Å². The van der Waals surface area contributed by atoms with E-state index in [1.165, 1.54) is 7.11 Å². The fraction of sp³-hybridized carbons (Fsp3) is 0.533. The Morgan fingerprint density at radius 2 is 2.29 bits per heavy atom. The van der Waals surface area contributed by atoms with Crippen molar-refractivity contribution in [2.75, 3.05) is 18.6 Å². The molecule has 0 amide bonds. The molecule has 1 aliphatic heterocycles. The summed E-state index contributed by atoms with van der Waals surface area (Å²) in [4.78, 5) is 29.0. The zero-order valence-corrected chi connectivity index (χ0v) is 12.1. The van der Waals surface area contributed by atoms with Gasteiger partial charge in [-0.15, -0.1) is 0 Å².